The molecule has 0 saturated heterocycles. The number of thiophene rings is 1. The second-order valence-corrected chi connectivity index (χ2v) is 6.03. The Balaban J connectivity index is 1.60. The van der Waals surface area contributed by atoms with Gasteiger partial charge in [-0.1, -0.05) is 30.3 Å². The van der Waals surface area contributed by atoms with Crippen molar-refractivity contribution in [1.82, 2.24) is 5.32 Å². The SMILES string of the molecule is Cc1sc(C(=O)NCCCOCc2ccccc2)cc1N. The number of carbonyl (C=O) groups is 1. The molecule has 0 bridgehead atoms. The lowest BCUT2D eigenvalue weighted by atomic mass is 10.2. The molecule has 2 rings (SSSR count). The number of benzene rings is 1. The van der Waals surface area contributed by atoms with Gasteiger partial charge in [0.25, 0.3) is 5.91 Å². The van der Waals surface area contributed by atoms with Gasteiger partial charge in [0.05, 0.1) is 11.5 Å². The topological polar surface area (TPSA) is 64.3 Å². The molecular weight excluding hydrogens is 284 g/mol. The highest BCUT2D eigenvalue weighted by Crippen LogP contribution is 2.22. The number of nitrogens with two attached hydrogens (primary N) is 1. The molecule has 0 aliphatic rings. The van der Waals surface area contributed by atoms with Crippen LogP contribution >= 0.6 is 11.3 Å². The third kappa shape index (κ3) is 4.88. The summed E-state index contributed by atoms with van der Waals surface area (Å²) < 4.78 is 5.56. The van der Waals surface area contributed by atoms with E-state index in [9.17, 15) is 4.79 Å². The normalized spacial score (nSPS) is 10.5. The summed E-state index contributed by atoms with van der Waals surface area (Å²) in [5.74, 6) is -0.0668. The van der Waals surface area contributed by atoms with Crippen molar-refractivity contribution in [2.24, 2.45) is 0 Å². The zero-order valence-corrected chi connectivity index (χ0v) is 12.9. The fraction of sp³-hybridized carbons (Fsp3) is 0.312. The molecule has 2 aromatic rings. The smallest absolute Gasteiger partial charge is 0.261 e. The van der Waals surface area contributed by atoms with E-state index >= 15 is 0 Å². The second kappa shape index (κ2) is 7.81. The monoisotopic (exact) mass is 304 g/mol. The first-order valence-electron chi connectivity index (χ1n) is 6.92. The van der Waals surface area contributed by atoms with Gasteiger partial charge < -0.3 is 15.8 Å². The van der Waals surface area contributed by atoms with E-state index in [4.69, 9.17) is 10.5 Å². The molecular formula is C16H20N2O2S. The van der Waals surface area contributed by atoms with Crippen molar-refractivity contribution < 1.29 is 9.53 Å². The van der Waals surface area contributed by atoms with Gasteiger partial charge in [0.1, 0.15) is 0 Å². The van der Waals surface area contributed by atoms with Crippen molar-refractivity contribution in [3.8, 4) is 0 Å². The van der Waals surface area contributed by atoms with Crippen molar-refractivity contribution in [2.75, 3.05) is 18.9 Å². The molecule has 0 radical (unpaired) electrons. The van der Waals surface area contributed by atoms with E-state index in [0.29, 0.717) is 30.3 Å². The van der Waals surface area contributed by atoms with E-state index in [1.807, 2.05) is 37.3 Å². The summed E-state index contributed by atoms with van der Waals surface area (Å²) in [5.41, 5.74) is 7.57. The Labute approximate surface area is 128 Å². The molecule has 4 nitrogen and oxygen atoms in total. The maximum Gasteiger partial charge on any atom is 0.261 e. The summed E-state index contributed by atoms with van der Waals surface area (Å²) >= 11 is 1.42. The molecule has 1 heterocycles. The first-order valence-corrected chi connectivity index (χ1v) is 7.74. The fourth-order valence-electron chi connectivity index (χ4n) is 1.84. The Bertz CT molecular complexity index is 562. The van der Waals surface area contributed by atoms with Crippen molar-refractivity contribution in [1.29, 1.82) is 0 Å². The van der Waals surface area contributed by atoms with Gasteiger partial charge >= 0.3 is 0 Å². The number of aryl methyl sites for hydroxylation is 1. The molecule has 3 N–H and O–H groups in total. The van der Waals surface area contributed by atoms with Crippen LogP contribution in [0.4, 0.5) is 5.69 Å². The lowest BCUT2D eigenvalue weighted by Gasteiger charge is -2.05. The van der Waals surface area contributed by atoms with Gasteiger partial charge in [0.15, 0.2) is 0 Å². The molecule has 0 unspecified atom stereocenters. The van der Waals surface area contributed by atoms with Gasteiger partial charge in [0.2, 0.25) is 0 Å². The molecule has 1 aromatic heterocycles. The minimum absolute atomic E-state index is 0.0668. The third-order valence-electron chi connectivity index (χ3n) is 3.04. The molecule has 0 fully saturated rings. The van der Waals surface area contributed by atoms with Crippen LogP contribution in [0.2, 0.25) is 0 Å². The Morgan fingerprint density at radius 3 is 2.76 bits per heavy atom. The summed E-state index contributed by atoms with van der Waals surface area (Å²) in [5, 5.41) is 2.87. The molecule has 0 aliphatic heterocycles. The van der Waals surface area contributed by atoms with Crippen molar-refractivity contribution >= 4 is 22.9 Å². The van der Waals surface area contributed by atoms with Crippen LogP contribution in [0, 0.1) is 6.92 Å². The maximum atomic E-state index is 11.9. The van der Waals surface area contributed by atoms with Crippen LogP contribution < -0.4 is 11.1 Å². The second-order valence-electron chi connectivity index (χ2n) is 4.77. The quantitative estimate of drug-likeness (QED) is 0.773. The van der Waals surface area contributed by atoms with Crippen LogP contribution in [0.1, 0.15) is 26.5 Å². The van der Waals surface area contributed by atoms with E-state index in [-0.39, 0.29) is 5.91 Å². The molecule has 0 atom stereocenters. The predicted molar refractivity (Wildman–Crippen MR) is 86.5 cm³/mol. The number of anilines is 1. The van der Waals surface area contributed by atoms with Crippen LogP contribution in [-0.2, 0) is 11.3 Å². The Hall–Kier alpha value is -1.85. The number of hydrogen-bond donors (Lipinski definition) is 2. The van der Waals surface area contributed by atoms with Crippen molar-refractivity contribution in [3.05, 3.63) is 51.7 Å². The number of hydrogen-bond acceptors (Lipinski definition) is 4. The molecule has 0 saturated carbocycles. The summed E-state index contributed by atoms with van der Waals surface area (Å²) in [7, 11) is 0. The Morgan fingerprint density at radius 2 is 2.10 bits per heavy atom. The highest BCUT2D eigenvalue weighted by atomic mass is 32.1. The Morgan fingerprint density at radius 1 is 1.33 bits per heavy atom. The van der Waals surface area contributed by atoms with Gasteiger partial charge in [-0.2, -0.15) is 0 Å². The predicted octanol–water partition coefficient (Wildman–Crippen LogP) is 2.98. The summed E-state index contributed by atoms with van der Waals surface area (Å²) in [6.45, 7) is 3.74. The number of carbonyl (C=O) groups excluding carboxylic acids is 1. The van der Waals surface area contributed by atoms with Gasteiger partial charge in [-0.3, -0.25) is 4.79 Å². The zero-order valence-electron chi connectivity index (χ0n) is 12.1. The van der Waals surface area contributed by atoms with Crippen molar-refractivity contribution in [3.63, 3.8) is 0 Å². The van der Waals surface area contributed by atoms with Crippen molar-refractivity contribution in [2.45, 2.75) is 20.0 Å². The molecule has 5 heteroatoms. The number of nitrogens with one attached hydrogen (secondary N) is 1. The Kier molecular flexibility index (Phi) is 5.78. The largest absolute Gasteiger partial charge is 0.398 e. The first kappa shape index (κ1) is 15.5. The van der Waals surface area contributed by atoms with Crippen LogP contribution in [0.25, 0.3) is 0 Å². The van der Waals surface area contributed by atoms with E-state index in [1.165, 1.54) is 11.3 Å². The summed E-state index contributed by atoms with van der Waals surface area (Å²) in [4.78, 5) is 13.5. The van der Waals surface area contributed by atoms with E-state index in [0.717, 1.165) is 16.9 Å². The van der Waals surface area contributed by atoms with Gasteiger partial charge in [-0.05, 0) is 25.0 Å². The zero-order chi connectivity index (χ0) is 15.1. The highest BCUT2D eigenvalue weighted by Gasteiger charge is 2.09. The van der Waals surface area contributed by atoms with Gasteiger partial charge in [-0.25, -0.2) is 0 Å². The molecule has 1 aromatic carbocycles. The summed E-state index contributed by atoms with van der Waals surface area (Å²) in [6.07, 6.45) is 0.790. The minimum Gasteiger partial charge on any atom is -0.398 e. The lowest BCUT2D eigenvalue weighted by Crippen LogP contribution is -2.24. The third-order valence-corrected chi connectivity index (χ3v) is 4.11. The maximum absolute atomic E-state index is 11.9. The van der Waals surface area contributed by atoms with E-state index < -0.39 is 0 Å². The molecule has 0 spiro atoms. The van der Waals surface area contributed by atoms with Gasteiger partial charge in [-0.15, -0.1) is 11.3 Å². The van der Waals surface area contributed by atoms with Crippen LogP contribution in [-0.4, -0.2) is 19.1 Å². The average Bonchev–Trinajstić information content (AvgIpc) is 2.83. The standard InChI is InChI=1S/C16H20N2O2S/c1-12-14(17)10-15(21-12)16(19)18-8-5-9-20-11-13-6-3-2-4-7-13/h2-4,6-7,10H,5,8-9,11,17H2,1H3,(H,18,19). The number of nitrogen functional groups attached to an aromatic ring is 1. The molecule has 21 heavy (non-hydrogen) atoms. The first-order chi connectivity index (χ1) is 10.2. The highest BCUT2D eigenvalue weighted by molar-refractivity contribution is 7.14. The average molecular weight is 304 g/mol. The lowest BCUT2D eigenvalue weighted by molar-refractivity contribution is 0.0938. The van der Waals surface area contributed by atoms with Gasteiger partial charge in [0, 0.05) is 23.7 Å². The van der Waals surface area contributed by atoms with E-state index in [1.54, 1.807) is 6.07 Å². The van der Waals surface area contributed by atoms with Crippen LogP contribution in [0.15, 0.2) is 36.4 Å². The minimum atomic E-state index is -0.0668. The number of amides is 1. The molecule has 1 amide bonds. The number of rotatable bonds is 7. The number of ether oxygens (including phenoxy) is 1. The molecule has 0 aliphatic carbocycles. The fourth-order valence-corrected chi connectivity index (χ4v) is 2.69. The van der Waals surface area contributed by atoms with Crippen LogP contribution in [0.3, 0.4) is 0 Å². The summed E-state index contributed by atoms with van der Waals surface area (Å²) in [6, 6.07) is 11.8. The van der Waals surface area contributed by atoms with E-state index in [2.05, 4.69) is 5.32 Å². The molecule has 112 valence electrons. The van der Waals surface area contributed by atoms with Crippen LogP contribution in [0.5, 0.6) is 0 Å².